The number of rotatable bonds is 5. The van der Waals surface area contributed by atoms with Crippen molar-refractivity contribution in [1.82, 2.24) is 9.99 Å². The van der Waals surface area contributed by atoms with Crippen molar-refractivity contribution in [2.75, 3.05) is 18.5 Å². The van der Waals surface area contributed by atoms with Crippen molar-refractivity contribution in [3.8, 4) is 0 Å². The van der Waals surface area contributed by atoms with Crippen LogP contribution in [0.4, 0.5) is 0 Å². The first-order valence-corrected chi connectivity index (χ1v) is 5.82. The Morgan fingerprint density at radius 1 is 1.38 bits per heavy atom. The monoisotopic (exact) mass is 221 g/mol. The van der Waals surface area contributed by atoms with Crippen molar-refractivity contribution in [3.63, 3.8) is 0 Å². The fraction of sp³-hybridized carbons (Fsp3) is 0.583. The molecule has 4 nitrogen and oxygen atoms in total. The van der Waals surface area contributed by atoms with Gasteiger partial charge in [0.1, 0.15) is 0 Å². The van der Waals surface area contributed by atoms with Gasteiger partial charge in [0.15, 0.2) is 0 Å². The van der Waals surface area contributed by atoms with Crippen LogP contribution in [0.1, 0.15) is 24.2 Å². The Hall–Kier alpha value is -1.29. The van der Waals surface area contributed by atoms with Crippen molar-refractivity contribution in [2.45, 2.75) is 26.7 Å². The molecule has 0 atom stereocenters. The Labute approximate surface area is 96.0 Å². The maximum absolute atomic E-state index is 11.6. The molecule has 1 fully saturated rings. The summed E-state index contributed by atoms with van der Waals surface area (Å²) in [6.07, 6.45) is 2.62. The molecule has 2 N–H and O–H groups in total. The first-order chi connectivity index (χ1) is 7.66. The fourth-order valence-electron chi connectivity index (χ4n) is 1.72. The van der Waals surface area contributed by atoms with Gasteiger partial charge in [-0.3, -0.25) is 14.9 Å². The SMILES string of the molecule is Cc1ccc(C)n1NC(=O)CNCC1CC1. The van der Waals surface area contributed by atoms with E-state index in [0.717, 1.165) is 23.9 Å². The van der Waals surface area contributed by atoms with E-state index in [1.807, 2.05) is 30.7 Å². The fourth-order valence-corrected chi connectivity index (χ4v) is 1.72. The number of aryl methyl sites for hydroxylation is 2. The van der Waals surface area contributed by atoms with Crippen molar-refractivity contribution >= 4 is 5.91 Å². The minimum Gasteiger partial charge on any atom is -0.308 e. The normalized spacial score (nSPS) is 15.1. The summed E-state index contributed by atoms with van der Waals surface area (Å²) in [5.74, 6) is 0.825. The van der Waals surface area contributed by atoms with Crippen molar-refractivity contribution < 1.29 is 4.79 Å². The largest absolute Gasteiger partial charge is 0.308 e. The molecule has 0 saturated heterocycles. The van der Waals surface area contributed by atoms with Crippen LogP contribution in [0.15, 0.2) is 12.1 Å². The van der Waals surface area contributed by atoms with E-state index < -0.39 is 0 Å². The summed E-state index contributed by atoms with van der Waals surface area (Å²) in [4.78, 5) is 11.6. The van der Waals surface area contributed by atoms with Gasteiger partial charge < -0.3 is 5.32 Å². The lowest BCUT2D eigenvalue weighted by Gasteiger charge is -2.11. The van der Waals surface area contributed by atoms with Crippen LogP contribution in [0.2, 0.25) is 0 Å². The van der Waals surface area contributed by atoms with E-state index in [-0.39, 0.29) is 5.91 Å². The molecule has 88 valence electrons. The van der Waals surface area contributed by atoms with Gasteiger partial charge in [0.2, 0.25) is 0 Å². The topological polar surface area (TPSA) is 46.1 Å². The zero-order valence-electron chi connectivity index (χ0n) is 9.92. The first kappa shape index (κ1) is 11.2. The summed E-state index contributed by atoms with van der Waals surface area (Å²) < 4.78 is 1.82. The highest BCUT2D eigenvalue weighted by Crippen LogP contribution is 2.27. The number of carbonyl (C=O) groups excluding carboxylic acids is 1. The predicted octanol–water partition coefficient (Wildman–Crippen LogP) is 1.17. The minimum absolute atomic E-state index is 0.0167. The van der Waals surface area contributed by atoms with Gasteiger partial charge in [-0.2, -0.15) is 0 Å². The molecule has 0 spiro atoms. The van der Waals surface area contributed by atoms with E-state index in [1.54, 1.807) is 0 Å². The standard InChI is InChI=1S/C12H19N3O/c1-9-3-4-10(2)15(9)14-12(16)8-13-7-11-5-6-11/h3-4,11,13H,5-8H2,1-2H3,(H,14,16). The molecule has 0 bridgehead atoms. The molecule has 0 aliphatic heterocycles. The Kier molecular flexibility index (Phi) is 3.29. The minimum atomic E-state index is 0.0167. The molecule has 1 aromatic rings. The van der Waals surface area contributed by atoms with E-state index in [0.29, 0.717) is 6.54 Å². The van der Waals surface area contributed by atoms with Crippen molar-refractivity contribution in [1.29, 1.82) is 0 Å². The number of hydrogen-bond donors (Lipinski definition) is 2. The van der Waals surface area contributed by atoms with E-state index in [2.05, 4.69) is 10.7 Å². The van der Waals surface area contributed by atoms with Gasteiger partial charge in [0, 0.05) is 11.4 Å². The average Bonchev–Trinajstić information content (AvgIpc) is 3.01. The number of hydrogen-bond acceptors (Lipinski definition) is 2. The average molecular weight is 221 g/mol. The van der Waals surface area contributed by atoms with Crippen LogP contribution in [0, 0.1) is 19.8 Å². The van der Waals surface area contributed by atoms with E-state index >= 15 is 0 Å². The van der Waals surface area contributed by atoms with Crippen molar-refractivity contribution in [3.05, 3.63) is 23.5 Å². The molecule has 1 aliphatic carbocycles. The Bertz CT molecular complexity index is 360. The summed E-state index contributed by atoms with van der Waals surface area (Å²) >= 11 is 0. The van der Waals surface area contributed by atoms with Gasteiger partial charge in [-0.05, 0) is 51.3 Å². The van der Waals surface area contributed by atoms with Gasteiger partial charge in [0.05, 0.1) is 6.54 Å². The number of aromatic nitrogens is 1. The molecular formula is C12H19N3O. The summed E-state index contributed by atoms with van der Waals surface area (Å²) in [5.41, 5.74) is 4.97. The Balaban J connectivity index is 1.77. The molecule has 1 heterocycles. The molecule has 0 aromatic carbocycles. The summed E-state index contributed by atoms with van der Waals surface area (Å²) in [5, 5.41) is 3.17. The maximum atomic E-state index is 11.6. The van der Waals surface area contributed by atoms with Crippen LogP contribution < -0.4 is 10.7 Å². The highest BCUT2D eigenvalue weighted by atomic mass is 16.2. The summed E-state index contributed by atoms with van der Waals surface area (Å²) in [6.45, 7) is 5.32. The number of carbonyl (C=O) groups is 1. The maximum Gasteiger partial charge on any atom is 0.252 e. The zero-order chi connectivity index (χ0) is 11.5. The Morgan fingerprint density at radius 3 is 2.56 bits per heavy atom. The van der Waals surface area contributed by atoms with Gasteiger partial charge in [-0.1, -0.05) is 0 Å². The zero-order valence-corrected chi connectivity index (χ0v) is 9.92. The molecule has 0 radical (unpaired) electrons. The van der Waals surface area contributed by atoms with Gasteiger partial charge >= 0.3 is 0 Å². The predicted molar refractivity (Wildman–Crippen MR) is 63.9 cm³/mol. The van der Waals surface area contributed by atoms with Crippen molar-refractivity contribution in [2.24, 2.45) is 5.92 Å². The van der Waals surface area contributed by atoms with Crippen LogP contribution in [0.25, 0.3) is 0 Å². The van der Waals surface area contributed by atoms with Crippen LogP contribution in [-0.4, -0.2) is 23.7 Å². The molecule has 4 heteroatoms. The van der Waals surface area contributed by atoms with Gasteiger partial charge in [-0.15, -0.1) is 0 Å². The van der Waals surface area contributed by atoms with Crippen LogP contribution >= 0.6 is 0 Å². The molecule has 1 aliphatic rings. The molecule has 16 heavy (non-hydrogen) atoms. The van der Waals surface area contributed by atoms with Gasteiger partial charge in [-0.25, -0.2) is 0 Å². The molecule has 1 saturated carbocycles. The van der Waals surface area contributed by atoms with E-state index in [4.69, 9.17) is 0 Å². The molecule has 1 aromatic heterocycles. The van der Waals surface area contributed by atoms with Gasteiger partial charge in [0.25, 0.3) is 5.91 Å². The smallest absolute Gasteiger partial charge is 0.252 e. The summed E-state index contributed by atoms with van der Waals surface area (Å²) in [7, 11) is 0. The number of amides is 1. The lowest BCUT2D eigenvalue weighted by Crippen LogP contribution is -2.34. The highest BCUT2D eigenvalue weighted by Gasteiger charge is 2.20. The lowest BCUT2D eigenvalue weighted by atomic mass is 10.4. The van der Waals surface area contributed by atoms with Crippen LogP contribution in [0.3, 0.4) is 0 Å². The second kappa shape index (κ2) is 4.70. The second-order valence-electron chi connectivity index (χ2n) is 4.56. The number of nitrogens with zero attached hydrogens (tertiary/aromatic N) is 1. The third-order valence-corrected chi connectivity index (χ3v) is 2.92. The highest BCUT2D eigenvalue weighted by molar-refractivity contribution is 5.85. The van der Waals surface area contributed by atoms with E-state index in [9.17, 15) is 4.79 Å². The number of nitrogens with one attached hydrogen (secondary N) is 2. The molecule has 2 rings (SSSR count). The van der Waals surface area contributed by atoms with Crippen LogP contribution in [-0.2, 0) is 4.79 Å². The quantitative estimate of drug-likeness (QED) is 0.784. The third kappa shape index (κ3) is 2.85. The van der Waals surface area contributed by atoms with Crippen LogP contribution in [0.5, 0.6) is 0 Å². The molecule has 1 amide bonds. The van der Waals surface area contributed by atoms with E-state index in [1.165, 1.54) is 12.8 Å². The first-order valence-electron chi connectivity index (χ1n) is 5.82. The lowest BCUT2D eigenvalue weighted by molar-refractivity contribution is -0.116. The second-order valence-corrected chi connectivity index (χ2v) is 4.56. The molecular weight excluding hydrogens is 202 g/mol. The Morgan fingerprint density at radius 2 is 2.00 bits per heavy atom. The molecule has 0 unspecified atom stereocenters. The summed E-state index contributed by atoms with van der Waals surface area (Å²) in [6, 6.07) is 3.99. The third-order valence-electron chi connectivity index (χ3n) is 2.92.